The zero-order valence-corrected chi connectivity index (χ0v) is 17.7. The zero-order chi connectivity index (χ0) is 21.3. The molecule has 0 radical (unpaired) electrons. The summed E-state index contributed by atoms with van der Waals surface area (Å²) in [5, 5.41) is 16.8. The third-order valence-corrected chi connectivity index (χ3v) is 5.60. The highest BCUT2D eigenvalue weighted by atomic mass is 32.2. The van der Waals surface area contributed by atoms with Gasteiger partial charge in [-0.05, 0) is 42.0 Å². The molecule has 30 heavy (non-hydrogen) atoms. The van der Waals surface area contributed by atoms with E-state index in [-0.39, 0.29) is 5.69 Å². The van der Waals surface area contributed by atoms with E-state index in [9.17, 15) is 10.1 Å². The summed E-state index contributed by atoms with van der Waals surface area (Å²) >= 11 is 1.55. The fraction of sp³-hybridized carbons (Fsp3) is 0.182. The number of nitrogens with zero attached hydrogens (tertiary/aromatic N) is 5. The summed E-state index contributed by atoms with van der Waals surface area (Å²) in [5.74, 6) is 0.439. The molecule has 0 bridgehead atoms. The van der Waals surface area contributed by atoms with Crippen LogP contribution in [-0.2, 0) is 0 Å². The van der Waals surface area contributed by atoms with Crippen LogP contribution in [0.1, 0.15) is 25.3 Å². The van der Waals surface area contributed by atoms with Crippen molar-refractivity contribution in [3.63, 3.8) is 0 Å². The number of nitro benzene ring substituents is 1. The highest BCUT2D eigenvalue weighted by molar-refractivity contribution is 7.98. The first-order chi connectivity index (χ1) is 14.5. The number of thioether (sulfide) groups is 1. The van der Waals surface area contributed by atoms with Crippen molar-refractivity contribution in [2.75, 3.05) is 6.26 Å². The molecule has 4 rings (SSSR count). The fourth-order valence-electron chi connectivity index (χ4n) is 3.34. The van der Waals surface area contributed by atoms with Crippen LogP contribution in [0, 0.1) is 10.1 Å². The van der Waals surface area contributed by atoms with Gasteiger partial charge in [0.05, 0.1) is 22.6 Å². The summed E-state index contributed by atoms with van der Waals surface area (Å²) in [6, 6.07) is 14.9. The summed E-state index contributed by atoms with van der Waals surface area (Å²) in [7, 11) is 0. The lowest BCUT2D eigenvalue weighted by Crippen LogP contribution is -2.01. The van der Waals surface area contributed by atoms with Crippen LogP contribution in [0.25, 0.3) is 22.6 Å². The van der Waals surface area contributed by atoms with Crippen LogP contribution in [0.2, 0.25) is 0 Å². The minimum atomic E-state index is -0.393. The number of hydrogen-bond donors (Lipinski definition) is 0. The van der Waals surface area contributed by atoms with Gasteiger partial charge in [0.25, 0.3) is 5.69 Å². The van der Waals surface area contributed by atoms with Crippen LogP contribution in [0.5, 0.6) is 0 Å². The highest BCUT2D eigenvalue weighted by Gasteiger charge is 2.22. The van der Waals surface area contributed by atoms with Gasteiger partial charge in [0.1, 0.15) is 10.7 Å². The molecule has 0 aliphatic heterocycles. The Kier molecular flexibility index (Phi) is 5.41. The number of nitro groups is 1. The van der Waals surface area contributed by atoms with Gasteiger partial charge in [0, 0.05) is 30.1 Å². The quantitative estimate of drug-likeness (QED) is 0.235. The monoisotopic (exact) mass is 419 g/mol. The van der Waals surface area contributed by atoms with Crippen LogP contribution >= 0.6 is 11.8 Å². The molecule has 152 valence electrons. The van der Waals surface area contributed by atoms with Gasteiger partial charge in [-0.1, -0.05) is 26.0 Å². The molecule has 0 spiro atoms. The summed E-state index contributed by atoms with van der Waals surface area (Å²) < 4.78 is 3.82. The van der Waals surface area contributed by atoms with Gasteiger partial charge in [-0.25, -0.2) is 9.67 Å². The second-order valence-electron chi connectivity index (χ2n) is 7.14. The van der Waals surface area contributed by atoms with Crippen molar-refractivity contribution in [3.05, 3.63) is 82.9 Å². The minimum absolute atomic E-state index is 0.0559. The highest BCUT2D eigenvalue weighted by Crippen LogP contribution is 2.36. The molecule has 2 aromatic heterocycles. The molecule has 7 nitrogen and oxygen atoms in total. The van der Waals surface area contributed by atoms with Gasteiger partial charge in [-0.3, -0.25) is 10.1 Å². The smallest absolute Gasteiger partial charge is 0.269 e. The molecule has 0 aliphatic rings. The fourth-order valence-corrected chi connectivity index (χ4v) is 3.90. The van der Waals surface area contributed by atoms with Crippen molar-refractivity contribution >= 4 is 17.4 Å². The Morgan fingerprint density at radius 3 is 2.30 bits per heavy atom. The SMILES string of the molecule is CSc1nn(-c2ccc(C(C)C)cc2)c(-c2ccc([N+](=O)[O-])cc2)c1-n1ccnc1. The Hall–Kier alpha value is -3.39. The summed E-state index contributed by atoms with van der Waals surface area (Å²) in [4.78, 5) is 14.9. The Morgan fingerprint density at radius 1 is 1.07 bits per heavy atom. The number of aromatic nitrogens is 4. The Balaban J connectivity index is 1.95. The molecule has 0 amide bonds. The van der Waals surface area contributed by atoms with E-state index in [2.05, 4.69) is 43.1 Å². The van der Waals surface area contributed by atoms with Crippen LogP contribution in [0.3, 0.4) is 0 Å². The van der Waals surface area contributed by atoms with Gasteiger partial charge in [0.2, 0.25) is 0 Å². The van der Waals surface area contributed by atoms with Gasteiger partial charge in [-0.15, -0.1) is 11.8 Å². The molecule has 0 fully saturated rings. The molecular formula is C22H21N5O2S. The van der Waals surface area contributed by atoms with E-state index >= 15 is 0 Å². The second-order valence-corrected chi connectivity index (χ2v) is 7.93. The van der Waals surface area contributed by atoms with E-state index in [0.29, 0.717) is 5.92 Å². The van der Waals surface area contributed by atoms with E-state index in [4.69, 9.17) is 5.10 Å². The first-order valence-electron chi connectivity index (χ1n) is 9.50. The lowest BCUT2D eigenvalue weighted by molar-refractivity contribution is -0.384. The molecule has 0 saturated carbocycles. The minimum Gasteiger partial charge on any atom is -0.302 e. The molecule has 2 aromatic carbocycles. The van der Waals surface area contributed by atoms with E-state index < -0.39 is 4.92 Å². The number of hydrogen-bond acceptors (Lipinski definition) is 5. The van der Waals surface area contributed by atoms with Gasteiger partial charge >= 0.3 is 0 Å². The van der Waals surface area contributed by atoms with Gasteiger partial charge in [-0.2, -0.15) is 5.10 Å². The maximum Gasteiger partial charge on any atom is 0.269 e. The van der Waals surface area contributed by atoms with Crippen molar-refractivity contribution in [3.8, 4) is 22.6 Å². The number of non-ortho nitro benzene ring substituents is 1. The molecule has 2 heterocycles. The lowest BCUT2D eigenvalue weighted by atomic mass is 10.0. The lowest BCUT2D eigenvalue weighted by Gasteiger charge is -2.12. The third-order valence-electron chi connectivity index (χ3n) is 4.94. The first kappa shape index (κ1) is 19.9. The number of imidazole rings is 1. The molecule has 4 aromatic rings. The van der Waals surface area contributed by atoms with Crippen molar-refractivity contribution in [1.82, 2.24) is 19.3 Å². The Labute approximate surface area is 178 Å². The van der Waals surface area contributed by atoms with E-state index in [0.717, 1.165) is 27.7 Å². The molecule has 0 aliphatic carbocycles. The summed E-state index contributed by atoms with van der Waals surface area (Å²) in [5.41, 5.74) is 4.81. The zero-order valence-electron chi connectivity index (χ0n) is 16.9. The number of benzene rings is 2. The second kappa shape index (κ2) is 8.16. The average Bonchev–Trinajstić information content (AvgIpc) is 3.41. The van der Waals surface area contributed by atoms with Crippen LogP contribution in [-0.4, -0.2) is 30.5 Å². The predicted molar refractivity (Wildman–Crippen MR) is 119 cm³/mol. The summed E-state index contributed by atoms with van der Waals surface area (Å²) in [6.07, 6.45) is 7.31. The Bertz CT molecular complexity index is 1160. The largest absolute Gasteiger partial charge is 0.302 e. The Morgan fingerprint density at radius 2 is 1.77 bits per heavy atom. The van der Waals surface area contributed by atoms with Crippen LogP contribution in [0.4, 0.5) is 5.69 Å². The van der Waals surface area contributed by atoms with Crippen LogP contribution in [0.15, 0.2) is 72.3 Å². The van der Waals surface area contributed by atoms with Crippen molar-refractivity contribution in [1.29, 1.82) is 0 Å². The first-order valence-corrected chi connectivity index (χ1v) is 10.7. The normalized spacial score (nSPS) is 11.2. The van der Waals surface area contributed by atoms with E-state index in [1.807, 2.05) is 21.7 Å². The standard InChI is InChI=1S/C22H21N5O2S/c1-15(2)16-4-8-18(9-5-16)26-20(17-6-10-19(11-7-17)27(28)29)21(22(24-26)30-3)25-13-12-23-14-25/h4-15H,1-3H3. The van der Waals surface area contributed by atoms with E-state index in [1.54, 1.807) is 36.4 Å². The molecule has 0 atom stereocenters. The molecule has 0 N–H and O–H groups in total. The average molecular weight is 420 g/mol. The molecule has 0 unspecified atom stereocenters. The van der Waals surface area contributed by atoms with Crippen molar-refractivity contribution in [2.24, 2.45) is 0 Å². The number of rotatable bonds is 6. The maximum absolute atomic E-state index is 11.1. The van der Waals surface area contributed by atoms with Gasteiger partial charge < -0.3 is 4.57 Å². The van der Waals surface area contributed by atoms with Crippen LogP contribution < -0.4 is 0 Å². The van der Waals surface area contributed by atoms with Crippen molar-refractivity contribution in [2.45, 2.75) is 24.8 Å². The van der Waals surface area contributed by atoms with Crippen molar-refractivity contribution < 1.29 is 4.92 Å². The summed E-state index contributed by atoms with van der Waals surface area (Å²) in [6.45, 7) is 4.32. The predicted octanol–water partition coefficient (Wildman–Crippen LogP) is 5.48. The van der Waals surface area contributed by atoms with E-state index in [1.165, 1.54) is 17.7 Å². The molecular weight excluding hydrogens is 398 g/mol. The molecule has 8 heteroatoms. The topological polar surface area (TPSA) is 78.8 Å². The maximum atomic E-state index is 11.1. The van der Waals surface area contributed by atoms with Gasteiger partial charge in [0.15, 0.2) is 0 Å². The third kappa shape index (κ3) is 3.61. The molecule has 0 saturated heterocycles.